The van der Waals surface area contributed by atoms with E-state index in [-0.39, 0.29) is 4.83 Å². The van der Waals surface area contributed by atoms with Crippen LogP contribution in [-0.4, -0.2) is 15.9 Å². The molecule has 0 aromatic rings. The Bertz CT molecular complexity index is 204. The highest BCUT2D eigenvalue weighted by Crippen LogP contribution is 2.56. The average Bonchev–Trinajstić information content (AvgIpc) is 2.43. The Labute approximate surface area is 74.1 Å². The highest BCUT2D eigenvalue weighted by molar-refractivity contribution is 9.09. The second kappa shape index (κ2) is 2.22. The lowest BCUT2D eigenvalue weighted by molar-refractivity contribution is -0.147. The number of hydrogen-bond donors (Lipinski definition) is 1. The Morgan fingerprint density at radius 1 is 1.64 bits per heavy atom. The summed E-state index contributed by atoms with van der Waals surface area (Å²) in [6.07, 6.45) is 3.96. The molecule has 1 N–H and O–H groups in total. The van der Waals surface area contributed by atoms with Gasteiger partial charge in [-0.3, -0.25) is 4.79 Å². The summed E-state index contributed by atoms with van der Waals surface area (Å²) in [6, 6.07) is 0. The molecular weight excluding hydrogens is 208 g/mol. The third kappa shape index (κ3) is 0.866. The monoisotopic (exact) mass is 218 g/mol. The lowest BCUT2D eigenvalue weighted by atomic mass is 9.84. The van der Waals surface area contributed by atoms with Crippen LogP contribution >= 0.6 is 15.9 Å². The lowest BCUT2D eigenvalue weighted by Crippen LogP contribution is -2.34. The molecule has 0 amide bonds. The summed E-state index contributed by atoms with van der Waals surface area (Å²) in [5.74, 6) is 0.0786. The first kappa shape index (κ1) is 7.59. The molecule has 2 fully saturated rings. The van der Waals surface area contributed by atoms with Crippen molar-refractivity contribution in [2.45, 2.75) is 30.5 Å². The Morgan fingerprint density at radius 3 is 2.64 bits per heavy atom. The fourth-order valence-corrected chi connectivity index (χ4v) is 3.65. The molecule has 0 heterocycles. The van der Waals surface area contributed by atoms with Crippen molar-refractivity contribution >= 4 is 21.9 Å². The van der Waals surface area contributed by atoms with Crippen LogP contribution in [0.5, 0.6) is 0 Å². The van der Waals surface area contributed by atoms with Gasteiger partial charge in [-0.2, -0.15) is 0 Å². The fraction of sp³-hybridized carbons (Fsp3) is 0.875. The number of alkyl halides is 1. The molecule has 0 unspecified atom stereocenters. The van der Waals surface area contributed by atoms with Crippen LogP contribution in [-0.2, 0) is 4.79 Å². The standard InChI is InChI=1S/C8H11BrO2/c9-6-3-5-1-2-8(6,4-5)7(10)11/h5-6H,1-4H2,(H,10,11)/t5-,6+,8-/m1/s1. The number of halogens is 1. The molecule has 0 radical (unpaired) electrons. The first-order valence-electron chi connectivity index (χ1n) is 4.02. The molecule has 2 aliphatic carbocycles. The first-order valence-corrected chi connectivity index (χ1v) is 4.94. The molecule has 3 heteroatoms. The van der Waals surface area contributed by atoms with Gasteiger partial charge in [0.15, 0.2) is 0 Å². The maximum atomic E-state index is 11.0. The van der Waals surface area contributed by atoms with E-state index in [9.17, 15) is 4.79 Å². The van der Waals surface area contributed by atoms with Crippen LogP contribution in [0.2, 0.25) is 0 Å². The summed E-state index contributed by atoms with van der Waals surface area (Å²) in [4.78, 5) is 11.2. The number of carboxylic acids is 1. The Morgan fingerprint density at radius 2 is 2.36 bits per heavy atom. The quantitative estimate of drug-likeness (QED) is 0.685. The topological polar surface area (TPSA) is 37.3 Å². The number of rotatable bonds is 1. The third-order valence-corrected chi connectivity index (χ3v) is 4.47. The molecule has 3 atom stereocenters. The smallest absolute Gasteiger partial charge is 0.310 e. The summed E-state index contributed by atoms with van der Waals surface area (Å²) >= 11 is 3.47. The number of aliphatic carboxylic acids is 1. The molecule has 0 aromatic heterocycles. The number of hydrogen-bond acceptors (Lipinski definition) is 1. The van der Waals surface area contributed by atoms with E-state index in [1.807, 2.05) is 0 Å². The zero-order valence-corrected chi connectivity index (χ0v) is 7.80. The maximum Gasteiger partial charge on any atom is 0.310 e. The molecule has 2 rings (SSSR count). The molecule has 0 saturated heterocycles. The largest absolute Gasteiger partial charge is 0.481 e. The zero-order chi connectivity index (χ0) is 8.06. The van der Waals surface area contributed by atoms with Crippen LogP contribution in [0.4, 0.5) is 0 Å². The molecule has 2 aliphatic rings. The van der Waals surface area contributed by atoms with E-state index < -0.39 is 11.4 Å². The van der Waals surface area contributed by atoms with E-state index in [0.29, 0.717) is 5.92 Å². The maximum absolute atomic E-state index is 11.0. The van der Waals surface area contributed by atoms with Crippen LogP contribution in [0.3, 0.4) is 0 Å². The number of fused-ring (bicyclic) bond motifs is 2. The van der Waals surface area contributed by atoms with Crippen LogP contribution in [0.1, 0.15) is 25.7 Å². The minimum absolute atomic E-state index is 0.228. The van der Waals surface area contributed by atoms with Gasteiger partial charge in [-0.15, -0.1) is 0 Å². The van der Waals surface area contributed by atoms with E-state index >= 15 is 0 Å². The summed E-state index contributed by atoms with van der Waals surface area (Å²) in [5.41, 5.74) is -0.398. The molecule has 0 aromatic carbocycles. The molecular formula is C8H11BrO2. The van der Waals surface area contributed by atoms with Gasteiger partial charge >= 0.3 is 5.97 Å². The van der Waals surface area contributed by atoms with Crippen molar-refractivity contribution in [2.24, 2.45) is 11.3 Å². The summed E-state index contributed by atoms with van der Waals surface area (Å²) < 4.78 is 0. The van der Waals surface area contributed by atoms with Crippen LogP contribution in [0, 0.1) is 11.3 Å². The molecule has 0 aliphatic heterocycles. The van der Waals surface area contributed by atoms with E-state index in [1.165, 1.54) is 0 Å². The molecule has 0 spiro atoms. The molecule has 2 nitrogen and oxygen atoms in total. The van der Waals surface area contributed by atoms with Gasteiger partial charge in [-0.1, -0.05) is 15.9 Å². The Kier molecular flexibility index (Phi) is 1.53. The van der Waals surface area contributed by atoms with Crippen LogP contribution < -0.4 is 0 Å². The molecule has 2 saturated carbocycles. The van der Waals surface area contributed by atoms with Crippen molar-refractivity contribution < 1.29 is 9.90 Å². The van der Waals surface area contributed by atoms with E-state index in [0.717, 1.165) is 25.7 Å². The van der Waals surface area contributed by atoms with Crippen LogP contribution in [0.15, 0.2) is 0 Å². The van der Waals surface area contributed by atoms with Gasteiger partial charge in [0.1, 0.15) is 0 Å². The predicted octanol–water partition coefficient (Wildman–Crippen LogP) is 2.02. The summed E-state index contributed by atoms with van der Waals surface area (Å²) in [6.45, 7) is 0. The van der Waals surface area contributed by atoms with E-state index in [1.54, 1.807) is 0 Å². The predicted molar refractivity (Wildman–Crippen MR) is 44.7 cm³/mol. The van der Waals surface area contributed by atoms with Gasteiger partial charge < -0.3 is 5.11 Å². The third-order valence-electron chi connectivity index (χ3n) is 3.22. The number of carbonyl (C=O) groups is 1. The summed E-state index contributed by atoms with van der Waals surface area (Å²) in [5, 5.41) is 9.03. The Hall–Kier alpha value is -0.0500. The van der Waals surface area contributed by atoms with Crippen molar-refractivity contribution in [1.29, 1.82) is 0 Å². The van der Waals surface area contributed by atoms with E-state index in [4.69, 9.17) is 5.11 Å². The first-order chi connectivity index (χ1) is 5.15. The van der Waals surface area contributed by atoms with E-state index in [2.05, 4.69) is 15.9 Å². The van der Waals surface area contributed by atoms with Gasteiger partial charge in [0.2, 0.25) is 0 Å². The lowest BCUT2D eigenvalue weighted by Gasteiger charge is -2.26. The van der Waals surface area contributed by atoms with Crippen molar-refractivity contribution in [1.82, 2.24) is 0 Å². The van der Waals surface area contributed by atoms with Gasteiger partial charge in [0.05, 0.1) is 5.41 Å². The van der Waals surface area contributed by atoms with Gasteiger partial charge in [-0.25, -0.2) is 0 Å². The average molecular weight is 219 g/mol. The van der Waals surface area contributed by atoms with Gasteiger partial charge in [0, 0.05) is 4.83 Å². The summed E-state index contributed by atoms with van der Waals surface area (Å²) in [7, 11) is 0. The molecule has 62 valence electrons. The fourth-order valence-electron chi connectivity index (χ4n) is 2.51. The zero-order valence-electron chi connectivity index (χ0n) is 6.22. The van der Waals surface area contributed by atoms with Crippen molar-refractivity contribution in [3.63, 3.8) is 0 Å². The minimum Gasteiger partial charge on any atom is -0.481 e. The molecule has 2 bridgehead atoms. The highest BCUT2D eigenvalue weighted by atomic mass is 79.9. The number of carboxylic acid groups (broad SMARTS) is 1. The van der Waals surface area contributed by atoms with Crippen molar-refractivity contribution in [2.75, 3.05) is 0 Å². The van der Waals surface area contributed by atoms with Crippen molar-refractivity contribution in [3.05, 3.63) is 0 Å². The van der Waals surface area contributed by atoms with Gasteiger partial charge in [0.25, 0.3) is 0 Å². The van der Waals surface area contributed by atoms with Crippen molar-refractivity contribution in [3.8, 4) is 0 Å². The normalized spacial score (nSPS) is 48.1. The highest BCUT2D eigenvalue weighted by Gasteiger charge is 2.56. The SMILES string of the molecule is O=C(O)[C@@]12CC[C@H](C[C@@H]1Br)C2. The second-order valence-electron chi connectivity index (χ2n) is 3.77. The second-order valence-corrected chi connectivity index (χ2v) is 4.88. The Balaban J connectivity index is 2.29. The van der Waals surface area contributed by atoms with Crippen LogP contribution in [0.25, 0.3) is 0 Å². The molecule has 11 heavy (non-hydrogen) atoms. The van der Waals surface area contributed by atoms with Gasteiger partial charge in [-0.05, 0) is 31.6 Å². The minimum atomic E-state index is -0.598.